The molecule has 6 heteroatoms. The SMILES string of the molecule is CCCCCC(=O)NC(=S)Nc1sc(C)c(C)c1C#N. The van der Waals surface area contributed by atoms with Gasteiger partial charge in [0.2, 0.25) is 5.91 Å². The molecular weight excluding hydrogens is 290 g/mol. The number of nitriles is 1. The van der Waals surface area contributed by atoms with Gasteiger partial charge >= 0.3 is 0 Å². The number of carbonyl (C=O) groups is 1. The van der Waals surface area contributed by atoms with Gasteiger partial charge in [-0.1, -0.05) is 19.8 Å². The summed E-state index contributed by atoms with van der Waals surface area (Å²) >= 11 is 6.58. The van der Waals surface area contributed by atoms with Gasteiger partial charge in [0, 0.05) is 11.3 Å². The Labute approximate surface area is 129 Å². The molecule has 1 rings (SSSR count). The smallest absolute Gasteiger partial charge is 0.226 e. The predicted molar refractivity (Wildman–Crippen MR) is 87.0 cm³/mol. The third-order valence-corrected chi connectivity index (χ3v) is 4.31. The minimum atomic E-state index is -0.0838. The lowest BCUT2D eigenvalue weighted by Gasteiger charge is -2.08. The first-order valence-corrected chi connectivity index (χ1v) is 7.83. The van der Waals surface area contributed by atoms with E-state index in [4.69, 9.17) is 17.5 Å². The molecule has 4 nitrogen and oxygen atoms in total. The van der Waals surface area contributed by atoms with E-state index in [9.17, 15) is 4.79 Å². The van der Waals surface area contributed by atoms with E-state index in [2.05, 4.69) is 23.6 Å². The summed E-state index contributed by atoms with van der Waals surface area (Å²) in [6.45, 7) is 5.95. The van der Waals surface area contributed by atoms with Crippen LogP contribution in [-0.2, 0) is 4.79 Å². The van der Waals surface area contributed by atoms with Gasteiger partial charge in [-0.05, 0) is 38.0 Å². The first kappa shape index (κ1) is 16.6. The summed E-state index contributed by atoms with van der Waals surface area (Å²) in [6.07, 6.45) is 3.46. The number of hydrogen-bond acceptors (Lipinski definition) is 4. The van der Waals surface area contributed by atoms with Crippen LogP contribution >= 0.6 is 23.6 Å². The number of nitrogens with zero attached hydrogens (tertiary/aromatic N) is 1. The molecule has 0 fully saturated rings. The number of aryl methyl sites for hydroxylation is 1. The number of hydrogen-bond donors (Lipinski definition) is 2. The molecule has 0 unspecified atom stereocenters. The molecule has 0 aromatic carbocycles. The van der Waals surface area contributed by atoms with Crippen LogP contribution in [0.25, 0.3) is 0 Å². The summed E-state index contributed by atoms with van der Waals surface area (Å²) in [5.74, 6) is -0.0838. The number of thiophene rings is 1. The van der Waals surface area contributed by atoms with E-state index < -0.39 is 0 Å². The monoisotopic (exact) mass is 309 g/mol. The maximum Gasteiger partial charge on any atom is 0.226 e. The molecule has 1 heterocycles. The lowest BCUT2D eigenvalue weighted by Crippen LogP contribution is -2.33. The Morgan fingerprint density at radius 3 is 2.70 bits per heavy atom. The quantitative estimate of drug-likeness (QED) is 0.644. The Morgan fingerprint density at radius 1 is 1.40 bits per heavy atom. The number of unbranched alkanes of at least 4 members (excludes halogenated alkanes) is 2. The Morgan fingerprint density at radius 2 is 2.10 bits per heavy atom. The van der Waals surface area contributed by atoms with Gasteiger partial charge in [0.15, 0.2) is 5.11 Å². The van der Waals surface area contributed by atoms with Crippen molar-refractivity contribution in [1.82, 2.24) is 5.32 Å². The van der Waals surface area contributed by atoms with Crippen LogP contribution in [0.1, 0.15) is 48.6 Å². The van der Waals surface area contributed by atoms with Crippen molar-refractivity contribution in [2.75, 3.05) is 5.32 Å². The number of anilines is 1. The fourth-order valence-electron chi connectivity index (χ4n) is 1.71. The molecule has 0 saturated carbocycles. The van der Waals surface area contributed by atoms with E-state index in [0.29, 0.717) is 17.0 Å². The lowest BCUT2D eigenvalue weighted by atomic mass is 10.2. The molecule has 1 amide bonds. The zero-order valence-corrected chi connectivity index (χ0v) is 13.6. The van der Waals surface area contributed by atoms with Crippen molar-refractivity contribution in [3.63, 3.8) is 0 Å². The van der Waals surface area contributed by atoms with Gasteiger partial charge < -0.3 is 10.6 Å². The van der Waals surface area contributed by atoms with E-state index in [0.717, 1.165) is 29.7 Å². The maximum atomic E-state index is 11.6. The highest BCUT2D eigenvalue weighted by Gasteiger charge is 2.14. The van der Waals surface area contributed by atoms with Crippen LogP contribution in [0, 0.1) is 25.2 Å². The van der Waals surface area contributed by atoms with E-state index in [-0.39, 0.29) is 11.0 Å². The molecule has 0 aliphatic rings. The van der Waals surface area contributed by atoms with Crippen molar-refractivity contribution >= 4 is 39.6 Å². The van der Waals surface area contributed by atoms with Gasteiger partial charge in [0.1, 0.15) is 11.1 Å². The standard InChI is InChI=1S/C14H19N3OS2/c1-4-5-6-7-12(18)16-14(19)17-13-11(8-15)9(2)10(3)20-13/h4-7H2,1-3H3,(H2,16,17,18,19). The van der Waals surface area contributed by atoms with Crippen molar-refractivity contribution in [2.45, 2.75) is 46.5 Å². The van der Waals surface area contributed by atoms with Crippen LogP contribution in [0.2, 0.25) is 0 Å². The number of rotatable bonds is 5. The zero-order valence-electron chi connectivity index (χ0n) is 12.0. The highest BCUT2D eigenvalue weighted by atomic mass is 32.1. The zero-order chi connectivity index (χ0) is 15.1. The molecule has 108 valence electrons. The Balaban J connectivity index is 2.57. The molecule has 20 heavy (non-hydrogen) atoms. The molecule has 0 spiro atoms. The lowest BCUT2D eigenvalue weighted by molar-refractivity contribution is -0.119. The molecular formula is C14H19N3OS2. The van der Waals surface area contributed by atoms with E-state index in [1.54, 1.807) is 0 Å². The van der Waals surface area contributed by atoms with Crippen LogP contribution in [0.4, 0.5) is 5.00 Å². The van der Waals surface area contributed by atoms with Crippen LogP contribution < -0.4 is 10.6 Å². The largest absolute Gasteiger partial charge is 0.323 e. The summed E-state index contributed by atoms with van der Waals surface area (Å²) in [5.41, 5.74) is 1.55. The van der Waals surface area contributed by atoms with Crippen molar-refractivity contribution in [2.24, 2.45) is 0 Å². The third-order valence-electron chi connectivity index (χ3n) is 2.98. The molecule has 1 aromatic rings. The molecule has 0 bridgehead atoms. The second kappa shape index (κ2) is 7.98. The van der Waals surface area contributed by atoms with Crippen molar-refractivity contribution < 1.29 is 4.79 Å². The summed E-state index contributed by atoms with van der Waals surface area (Å²) in [4.78, 5) is 12.7. The van der Waals surface area contributed by atoms with Gasteiger partial charge in [-0.25, -0.2) is 0 Å². The molecule has 2 N–H and O–H groups in total. The predicted octanol–water partition coefficient (Wildman–Crippen LogP) is 3.63. The summed E-state index contributed by atoms with van der Waals surface area (Å²) in [7, 11) is 0. The Kier molecular flexibility index (Phi) is 6.62. The van der Waals surface area contributed by atoms with Gasteiger partial charge in [-0.3, -0.25) is 4.79 Å². The average molecular weight is 309 g/mol. The minimum absolute atomic E-state index is 0.0838. The van der Waals surface area contributed by atoms with Crippen LogP contribution in [0.15, 0.2) is 0 Å². The fourth-order valence-corrected chi connectivity index (χ4v) is 3.00. The first-order valence-electron chi connectivity index (χ1n) is 6.60. The van der Waals surface area contributed by atoms with E-state index in [1.807, 2.05) is 13.8 Å². The van der Waals surface area contributed by atoms with Gasteiger partial charge in [0.25, 0.3) is 0 Å². The van der Waals surface area contributed by atoms with Crippen molar-refractivity contribution in [1.29, 1.82) is 5.26 Å². The average Bonchev–Trinajstić information content (AvgIpc) is 2.64. The summed E-state index contributed by atoms with van der Waals surface area (Å²) in [6, 6.07) is 2.16. The third kappa shape index (κ3) is 4.58. The highest BCUT2D eigenvalue weighted by molar-refractivity contribution is 7.80. The van der Waals surface area contributed by atoms with Gasteiger partial charge in [-0.15, -0.1) is 11.3 Å². The molecule has 0 saturated heterocycles. The topological polar surface area (TPSA) is 64.9 Å². The Bertz CT molecular complexity index is 543. The maximum absolute atomic E-state index is 11.6. The highest BCUT2D eigenvalue weighted by Crippen LogP contribution is 2.31. The number of amides is 1. The van der Waals surface area contributed by atoms with Crippen LogP contribution in [0.5, 0.6) is 0 Å². The number of carbonyl (C=O) groups excluding carboxylic acids is 1. The van der Waals surface area contributed by atoms with Crippen molar-refractivity contribution in [3.8, 4) is 6.07 Å². The van der Waals surface area contributed by atoms with Gasteiger partial charge in [0.05, 0.1) is 5.56 Å². The molecule has 0 aliphatic carbocycles. The van der Waals surface area contributed by atoms with Crippen LogP contribution in [0.3, 0.4) is 0 Å². The summed E-state index contributed by atoms with van der Waals surface area (Å²) < 4.78 is 0. The summed E-state index contributed by atoms with van der Waals surface area (Å²) in [5, 5.41) is 15.7. The first-order chi connectivity index (χ1) is 9.49. The number of thiocarbonyl (C=S) groups is 1. The fraction of sp³-hybridized carbons (Fsp3) is 0.500. The number of nitrogens with one attached hydrogen (secondary N) is 2. The minimum Gasteiger partial charge on any atom is -0.323 e. The normalized spacial score (nSPS) is 9.90. The molecule has 0 aliphatic heterocycles. The second-order valence-corrected chi connectivity index (χ2v) is 6.19. The Hall–Kier alpha value is -1.45. The van der Waals surface area contributed by atoms with Gasteiger partial charge in [-0.2, -0.15) is 5.26 Å². The van der Waals surface area contributed by atoms with Crippen molar-refractivity contribution in [3.05, 3.63) is 16.0 Å². The van der Waals surface area contributed by atoms with Crippen LogP contribution in [-0.4, -0.2) is 11.0 Å². The molecule has 1 aromatic heterocycles. The molecule has 0 atom stereocenters. The molecule has 0 radical (unpaired) electrons. The van der Waals surface area contributed by atoms with E-state index in [1.165, 1.54) is 11.3 Å². The van der Waals surface area contributed by atoms with E-state index >= 15 is 0 Å². The second-order valence-electron chi connectivity index (χ2n) is 4.56.